The minimum Gasteiger partial charge on any atom is -0.370 e. The first kappa shape index (κ1) is 11.9. The molecule has 1 aliphatic rings. The van der Waals surface area contributed by atoms with Crippen molar-refractivity contribution in [1.82, 2.24) is 10.3 Å². The summed E-state index contributed by atoms with van der Waals surface area (Å²) in [6, 6.07) is 3.53. The molecule has 1 saturated carbocycles. The summed E-state index contributed by atoms with van der Waals surface area (Å²) < 4.78 is 0. The number of aromatic nitrogens is 1. The molecule has 4 nitrogen and oxygen atoms in total. The monoisotopic (exact) mass is 233 g/mol. The van der Waals surface area contributed by atoms with Crippen LogP contribution in [-0.2, 0) is 0 Å². The molecule has 1 aromatic rings. The highest BCUT2D eigenvalue weighted by molar-refractivity contribution is 5.94. The first-order valence-electron chi connectivity index (χ1n) is 6.11. The number of nitrogens with zero attached hydrogens (tertiary/aromatic N) is 1. The van der Waals surface area contributed by atoms with Gasteiger partial charge in [-0.1, -0.05) is 6.92 Å². The third-order valence-electron chi connectivity index (χ3n) is 3.16. The number of carbonyl (C=O) groups is 1. The lowest BCUT2D eigenvalue weighted by Gasteiger charge is -2.10. The molecule has 2 rings (SSSR count). The zero-order valence-corrected chi connectivity index (χ0v) is 10.4. The number of amides is 1. The number of pyridine rings is 1. The summed E-state index contributed by atoms with van der Waals surface area (Å²) in [6.07, 6.45) is 4.09. The quantitative estimate of drug-likeness (QED) is 0.818. The molecule has 0 bridgehead atoms. The third kappa shape index (κ3) is 3.19. The molecule has 0 saturated heterocycles. The van der Waals surface area contributed by atoms with Crippen LogP contribution >= 0.6 is 0 Å². The van der Waals surface area contributed by atoms with Crippen LogP contribution in [0.1, 0.15) is 37.0 Å². The van der Waals surface area contributed by atoms with Crippen LogP contribution in [-0.4, -0.2) is 24.0 Å². The van der Waals surface area contributed by atoms with Gasteiger partial charge in [-0.2, -0.15) is 0 Å². The van der Waals surface area contributed by atoms with Gasteiger partial charge in [0.2, 0.25) is 0 Å². The summed E-state index contributed by atoms with van der Waals surface area (Å²) in [5.74, 6) is 0.734. The molecule has 0 aromatic carbocycles. The highest BCUT2D eigenvalue weighted by Crippen LogP contribution is 2.44. The molecule has 4 heteroatoms. The summed E-state index contributed by atoms with van der Waals surface area (Å²) in [4.78, 5) is 16.1. The normalized spacial score (nSPS) is 16.4. The summed E-state index contributed by atoms with van der Waals surface area (Å²) in [6.45, 7) is 5.77. The molecule has 1 heterocycles. The zero-order valence-electron chi connectivity index (χ0n) is 10.4. The second-order valence-electron chi connectivity index (χ2n) is 4.95. The Hall–Kier alpha value is -1.58. The van der Waals surface area contributed by atoms with Crippen molar-refractivity contribution >= 4 is 11.7 Å². The van der Waals surface area contributed by atoms with Crippen LogP contribution in [0.4, 0.5) is 5.82 Å². The lowest BCUT2D eigenvalue weighted by atomic mass is 10.1. The summed E-state index contributed by atoms with van der Waals surface area (Å²) in [5, 5.41) is 6.07. The van der Waals surface area contributed by atoms with E-state index in [1.165, 1.54) is 12.8 Å². The van der Waals surface area contributed by atoms with Crippen molar-refractivity contribution in [2.75, 3.05) is 18.4 Å². The lowest BCUT2D eigenvalue weighted by Crippen LogP contribution is -2.29. The maximum Gasteiger partial charge on any atom is 0.251 e. The van der Waals surface area contributed by atoms with Gasteiger partial charge in [0, 0.05) is 24.8 Å². The Labute approximate surface area is 102 Å². The minimum atomic E-state index is -0.0142. The van der Waals surface area contributed by atoms with E-state index in [-0.39, 0.29) is 5.91 Å². The molecule has 0 aliphatic heterocycles. The summed E-state index contributed by atoms with van der Waals surface area (Å²) in [7, 11) is 0. The molecular weight excluding hydrogens is 214 g/mol. The Kier molecular flexibility index (Phi) is 3.31. The average Bonchev–Trinajstić information content (AvgIpc) is 3.06. The van der Waals surface area contributed by atoms with Gasteiger partial charge < -0.3 is 10.6 Å². The van der Waals surface area contributed by atoms with Gasteiger partial charge in [0.05, 0.1) is 0 Å². The zero-order chi connectivity index (χ0) is 12.3. The molecule has 92 valence electrons. The van der Waals surface area contributed by atoms with Crippen molar-refractivity contribution in [1.29, 1.82) is 0 Å². The number of rotatable bonds is 5. The molecule has 1 aliphatic carbocycles. The Morgan fingerprint density at radius 2 is 2.29 bits per heavy atom. The van der Waals surface area contributed by atoms with Crippen LogP contribution in [0.3, 0.4) is 0 Å². The van der Waals surface area contributed by atoms with Gasteiger partial charge in [0.25, 0.3) is 5.91 Å². The van der Waals surface area contributed by atoms with Crippen LogP contribution in [0, 0.1) is 5.41 Å². The van der Waals surface area contributed by atoms with Gasteiger partial charge in [-0.25, -0.2) is 4.98 Å². The van der Waals surface area contributed by atoms with Gasteiger partial charge >= 0.3 is 0 Å². The highest BCUT2D eigenvalue weighted by Gasteiger charge is 2.37. The van der Waals surface area contributed by atoms with E-state index >= 15 is 0 Å². The van der Waals surface area contributed by atoms with E-state index in [0.717, 1.165) is 18.9 Å². The van der Waals surface area contributed by atoms with Crippen LogP contribution < -0.4 is 10.6 Å². The average molecular weight is 233 g/mol. The van der Waals surface area contributed by atoms with E-state index in [0.29, 0.717) is 11.0 Å². The highest BCUT2D eigenvalue weighted by atomic mass is 16.1. The molecule has 17 heavy (non-hydrogen) atoms. The third-order valence-corrected chi connectivity index (χ3v) is 3.16. The molecule has 0 atom stereocenters. The van der Waals surface area contributed by atoms with E-state index in [2.05, 4.69) is 22.5 Å². The smallest absolute Gasteiger partial charge is 0.251 e. The van der Waals surface area contributed by atoms with E-state index < -0.39 is 0 Å². The van der Waals surface area contributed by atoms with Crippen LogP contribution in [0.2, 0.25) is 0 Å². The van der Waals surface area contributed by atoms with E-state index in [1.807, 2.05) is 6.92 Å². The van der Waals surface area contributed by atoms with Crippen molar-refractivity contribution in [3.05, 3.63) is 23.9 Å². The number of anilines is 1. The largest absolute Gasteiger partial charge is 0.370 e. The topological polar surface area (TPSA) is 54.0 Å². The van der Waals surface area contributed by atoms with Gasteiger partial charge in [-0.05, 0) is 37.3 Å². The summed E-state index contributed by atoms with van der Waals surface area (Å²) >= 11 is 0. The fourth-order valence-corrected chi connectivity index (χ4v) is 1.64. The van der Waals surface area contributed by atoms with Gasteiger partial charge in [-0.3, -0.25) is 4.79 Å². The molecule has 2 N–H and O–H groups in total. The number of carbonyl (C=O) groups excluding carboxylic acids is 1. The SMILES string of the molecule is CCNc1cc(C(=O)NCC2(C)CC2)ccn1. The Balaban J connectivity index is 1.95. The van der Waals surface area contributed by atoms with Crippen molar-refractivity contribution in [2.45, 2.75) is 26.7 Å². The maximum absolute atomic E-state index is 11.9. The standard InChI is InChI=1S/C13H19N3O/c1-3-14-11-8-10(4-7-15-11)12(17)16-9-13(2)5-6-13/h4,7-8H,3,5-6,9H2,1-2H3,(H,14,15)(H,16,17). The van der Waals surface area contributed by atoms with Crippen molar-refractivity contribution in [3.8, 4) is 0 Å². The Morgan fingerprint density at radius 1 is 1.53 bits per heavy atom. The number of nitrogens with one attached hydrogen (secondary N) is 2. The Morgan fingerprint density at radius 3 is 2.94 bits per heavy atom. The van der Waals surface area contributed by atoms with Gasteiger partial charge in [-0.15, -0.1) is 0 Å². The Bertz CT molecular complexity index is 413. The molecule has 1 fully saturated rings. The molecule has 0 spiro atoms. The van der Waals surface area contributed by atoms with Gasteiger partial charge in [0.15, 0.2) is 0 Å². The predicted octanol–water partition coefficient (Wildman–Crippen LogP) is 2.04. The van der Waals surface area contributed by atoms with Crippen molar-refractivity contribution < 1.29 is 4.79 Å². The van der Waals surface area contributed by atoms with Crippen LogP contribution in [0.15, 0.2) is 18.3 Å². The molecule has 0 radical (unpaired) electrons. The van der Waals surface area contributed by atoms with Crippen molar-refractivity contribution in [3.63, 3.8) is 0 Å². The fraction of sp³-hybridized carbons (Fsp3) is 0.538. The first-order valence-corrected chi connectivity index (χ1v) is 6.11. The molecule has 0 unspecified atom stereocenters. The van der Waals surface area contributed by atoms with Gasteiger partial charge in [0.1, 0.15) is 5.82 Å². The maximum atomic E-state index is 11.9. The molecular formula is C13H19N3O. The van der Waals surface area contributed by atoms with Crippen LogP contribution in [0.25, 0.3) is 0 Å². The fourth-order valence-electron chi connectivity index (χ4n) is 1.64. The van der Waals surface area contributed by atoms with Crippen molar-refractivity contribution in [2.24, 2.45) is 5.41 Å². The second-order valence-corrected chi connectivity index (χ2v) is 4.95. The predicted molar refractivity (Wildman–Crippen MR) is 68.1 cm³/mol. The number of hydrogen-bond acceptors (Lipinski definition) is 3. The first-order chi connectivity index (χ1) is 8.13. The van der Waals surface area contributed by atoms with E-state index in [4.69, 9.17) is 0 Å². The molecule has 1 aromatic heterocycles. The van der Waals surface area contributed by atoms with Crippen LogP contribution in [0.5, 0.6) is 0 Å². The second kappa shape index (κ2) is 4.73. The van der Waals surface area contributed by atoms with E-state index in [1.54, 1.807) is 18.3 Å². The number of hydrogen-bond donors (Lipinski definition) is 2. The summed E-state index contributed by atoms with van der Waals surface area (Å²) in [5.41, 5.74) is 1.01. The van der Waals surface area contributed by atoms with E-state index in [9.17, 15) is 4.79 Å². The minimum absolute atomic E-state index is 0.0142. The lowest BCUT2D eigenvalue weighted by molar-refractivity contribution is 0.0946. The molecule has 1 amide bonds.